The largest absolute Gasteiger partial charge is 0.197 e. The zero-order chi connectivity index (χ0) is 28.3. The van der Waals surface area contributed by atoms with Crippen molar-refractivity contribution in [1.29, 1.82) is 0 Å². The maximum atomic E-state index is 3.36. The van der Waals surface area contributed by atoms with Gasteiger partial charge in [-0.05, 0) is 10.8 Å². The summed E-state index contributed by atoms with van der Waals surface area (Å²) in [4.78, 5) is 0. The molecule has 196 valence electrons. The summed E-state index contributed by atoms with van der Waals surface area (Å²) in [5, 5.41) is 5.48. The van der Waals surface area contributed by atoms with Gasteiger partial charge in [-0.3, -0.25) is 0 Å². The van der Waals surface area contributed by atoms with Crippen molar-refractivity contribution in [3.05, 3.63) is 107 Å². The average molecular weight is 667 g/mol. The Morgan fingerprint density at radius 2 is 1.21 bits per heavy atom. The van der Waals surface area contributed by atoms with Crippen LogP contribution in [0.3, 0.4) is 0 Å². The SMILES string of the molecule is CC(C)(C)c1ccc2c(c1)[cH-]c1cc(C(C)(C)C)ccc12.C[C](C)=[Hf+2].Cc1cccc(C)c1C1=[C-]CC=C1. The van der Waals surface area contributed by atoms with E-state index in [1.54, 1.807) is 3.26 Å². The van der Waals surface area contributed by atoms with Crippen molar-refractivity contribution in [2.75, 3.05) is 0 Å². The topological polar surface area (TPSA) is 0 Å². The van der Waals surface area contributed by atoms with Crippen LogP contribution in [0, 0.1) is 19.9 Å². The first kappa shape index (κ1) is 30.3. The fourth-order valence-electron chi connectivity index (χ4n) is 4.77. The number of rotatable bonds is 1. The van der Waals surface area contributed by atoms with E-state index in [-0.39, 0.29) is 10.8 Å². The Hall–Kier alpha value is -2.25. The van der Waals surface area contributed by atoms with Gasteiger partial charge >= 0.3 is 41.0 Å². The maximum absolute atomic E-state index is 3.36. The summed E-state index contributed by atoms with van der Waals surface area (Å²) in [6, 6.07) is 22.6. The molecule has 0 fully saturated rings. The minimum atomic E-state index is 0.203. The summed E-state index contributed by atoms with van der Waals surface area (Å²) < 4.78 is 1.56. The van der Waals surface area contributed by atoms with Crippen LogP contribution < -0.4 is 0 Å². The van der Waals surface area contributed by atoms with Crippen molar-refractivity contribution < 1.29 is 23.9 Å². The Balaban J connectivity index is 0.000000200. The van der Waals surface area contributed by atoms with Crippen LogP contribution in [0.25, 0.3) is 27.1 Å². The third kappa shape index (κ3) is 7.66. The molecule has 0 radical (unpaired) electrons. The van der Waals surface area contributed by atoms with Crippen LogP contribution in [0.1, 0.15) is 89.6 Å². The molecule has 0 atom stereocenters. The van der Waals surface area contributed by atoms with Crippen LogP contribution in [0.5, 0.6) is 0 Å². The number of fused-ring (bicyclic) bond motifs is 3. The van der Waals surface area contributed by atoms with Crippen molar-refractivity contribution in [2.24, 2.45) is 0 Å². The molecule has 0 amide bonds. The van der Waals surface area contributed by atoms with Gasteiger partial charge in [-0.1, -0.05) is 127 Å². The molecule has 0 saturated heterocycles. The zero-order valence-electron chi connectivity index (χ0n) is 25.1. The monoisotopic (exact) mass is 668 g/mol. The van der Waals surface area contributed by atoms with Gasteiger partial charge in [0.05, 0.1) is 0 Å². The first-order chi connectivity index (χ1) is 17.7. The van der Waals surface area contributed by atoms with E-state index in [9.17, 15) is 0 Å². The molecule has 1 aliphatic rings. The molecule has 0 unspecified atom stereocenters. The maximum Gasteiger partial charge on any atom is -0.0508 e. The summed E-state index contributed by atoms with van der Waals surface area (Å²) in [6.45, 7) is 22.2. The zero-order valence-corrected chi connectivity index (χ0v) is 28.7. The molecule has 38 heavy (non-hydrogen) atoms. The first-order valence-corrected chi connectivity index (χ1v) is 15.5. The van der Waals surface area contributed by atoms with E-state index < -0.39 is 0 Å². The minimum absolute atomic E-state index is 0.203. The molecule has 0 aliphatic heterocycles. The van der Waals surface area contributed by atoms with E-state index in [2.05, 4.69) is 148 Å². The van der Waals surface area contributed by atoms with Crippen LogP contribution in [0.2, 0.25) is 0 Å². The average Bonchev–Trinajstić information content (AvgIpc) is 3.45. The summed E-state index contributed by atoms with van der Waals surface area (Å²) in [6.07, 6.45) is 8.64. The van der Waals surface area contributed by atoms with Crippen molar-refractivity contribution >= 4 is 30.4 Å². The Bertz CT molecular complexity index is 1400. The van der Waals surface area contributed by atoms with Gasteiger partial charge in [0.2, 0.25) is 0 Å². The molecule has 0 aromatic heterocycles. The third-order valence-corrected chi connectivity index (χ3v) is 6.88. The number of benzene rings is 3. The number of hydrogen-bond acceptors (Lipinski definition) is 0. The fourth-order valence-corrected chi connectivity index (χ4v) is 4.77. The summed E-state index contributed by atoms with van der Waals surface area (Å²) >= 11 is 1.27. The molecule has 1 aliphatic carbocycles. The van der Waals surface area contributed by atoms with Gasteiger partial charge < -0.3 is 0 Å². The van der Waals surface area contributed by atoms with Crippen LogP contribution in [0.4, 0.5) is 0 Å². The van der Waals surface area contributed by atoms with Gasteiger partial charge in [0.25, 0.3) is 0 Å². The second kappa shape index (κ2) is 12.3. The molecule has 1 heteroatoms. The van der Waals surface area contributed by atoms with Gasteiger partial charge in [-0.25, -0.2) is 0 Å². The smallest absolute Gasteiger partial charge is 0.0508 e. The quantitative estimate of drug-likeness (QED) is 0.140. The number of hydrogen-bond donors (Lipinski definition) is 0. The minimum Gasteiger partial charge on any atom is -0.197 e. The van der Waals surface area contributed by atoms with E-state index in [0.717, 1.165) is 6.42 Å². The second-order valence-corrected chi connectivity index (χ2v) is 16.3. The fraction of sp³-hybridized carbons (Fsp3) is 0.351. The predicted molar refractivity (Wildman–Crippen MR) is 167 cm³/mol. The molecule has 0 saturated carbocycles. The van der Waals surface area contributed by atoms with E-state index in [0.29, 0.717) is 0 Å². The van der Waals surface area contributed by atoms with Gasteiger partial charge in [0.15, 0.2) is 0 Å². The Labute approximate surface area is 246 Å². The molecule has 0 heterocycles. The standard InChI is InChI=1S/C21H25.C13H13.C3H6.Hf/c1-20(2,3)16-7-9-18-14(12-16)11-15-13-17(21(4,5)6)8-10-19(15)18;1-10-6-5-7-11(2)13(10)12-8-3-4-9-12;1-3-2;/h7-13H,1-6H3;3,5-8H,4H2,1-2H3;1-2H3;/q2*-1;;+2. The van der Waals surface area contributed by atoms with Gasteiger partial charge in [0.1, 0.15) is 0 Å². The van der Waals surface area contributed by atoms with Crippen molar-refractivity contribution in [3.8, 4) is 0 Å². The van der Waals surface area contributed by atoms with Gasteiger partial charge in [-0.15, -0.1) is 51.4 Å². The predicted octanol–water partition coefficient (Wildman–Crippen LogP) is 10.5. The number of allylic oxidation sites excluding steroid dienone is 4. The molecule has 0 N–H and O–H groups in total. The number of aryl methyl sites for hydroxylation is 2. The van der Waals surface area contributed by atoms with Crippen LogP contribution in [-0.2, 0) is 34.7 Å². The van der Waals surface area contributed by atoms with Crippen molar-refractivity contribution in [3.63, 3.8) is 0 Å². The Morgan fingerprint density at radius 1 is 0.763 bits per heavy atom. The molecular formula is C37H44Hf. The molecular weight excluding hydrogens is 623 g/mol. The summed E-state index contributed by atoms with van der Waals surface area (Å²) in [5.41, 5.74) is 8.51. The molecule has 0 spiro atoms. The molecule has 4 aromatic carbocycles. The molecule has 0 bridgehead atoms. The van der Waals surface area contributed by atoms with E-state index in [1.165, 1.54) is 78.8 Å². The second-order valence-electron chi connectivity index (χ2n) is 12.7. The van der Waals surface area contributed by atoms with Crippen molar-refractivity contribution in [1.82, 2.24) is 0 Å². The van der Waals surface area contributed by atoms with Gasteiger partial charge in [-0.2, -0.15) is 17.7 Å². The van der Waals surface area contributed by atoms with E-state index >= 15 is 0 Å². The molecule has 5 rings (SSSR count). The first-order valence-electron chi connectivity index (χ1n) is 13.7. The molecule has 0 nitrogen and oxygen atoms in total. The Morgan fingerprint density at radius 3 is 1.58 bits per heavy atom. The van der Waals surface area contributed by atoms with Gasteiger partial charge in [0, 0.05) is 0 Å². The van der Waals surface area contributed by atoms with Crippen LogP contribution in [0.15, 0.2) is 72.8 Å². The van der Waals surface area contributed by atoms with Crippen LogP contribution >= 0.6 is 0 Å². The Kier molecular flexibility index (Phi) is 9.80. The summed E-state index contributed by atoms with van der Waals surface area (Å²) in [7, 11) is 0. The van der Waals surface area contributed by atoms with Crippen molar-refractivity contribution in [2.45, 2.75) is 86.5 Å². The molecule has 4 aromatic rings. The van der Waals surface area contributed by atoms with Crippen LogP contribution in [-0.4, -0.2) is 3.26 Å². The van der Waals surface area contributed by atoms with E-state index in [4.69, 9.17) is 0 Å². The van der Waals surface area contributed by atoms with E-state index in [1.807, 2.05) is 0 Å². The third-order valence-electron chi connectivity index (χ3n) is 6.88. The summed E-state index contributed by atoms with van der Waals surface area (Å²) in [5.74, 6) is 0. The normalized spacial score (nSPS) is 13.1.